The van der Waals surface area contributed by atoms with Gasteiger partial charge in [0.2, 0.25) is 5.96 Å². The van der Waals surface area contributed by atoms with Gasteiger partial charge in [-0.2, -0.15) is 18.6 Å². The highest BCUT2D eigenvalue weighted by atomic mass is 32.1. The highest BCUT2D eigenvalue weighted by Crippen LogP contribution is 2.43. The molecule has 2 aromatic heterocycles. The molecule has 1 amide bonds. The minimum Gasteiger partial charge on any atom is -0.338 e. The average molecular weight is 524 g/mol. The maximum absolute atomic E-state index is 13.7. The Morgan fingerprint density at radius 1 is 0.974 bits per heavy atom. The Labute approximate surface area is 228 Å². The lowest BCUT2D eigenvalue weighted by Crippen LogP contribution is -2.52. The van der Waals surface area contributed by atoms with E-state index in [0.717, 1.165) is 53.5 Å². The Morgan fingerprint density at radius 2 is 1.76 bits per heavy atom. The molecular weight excluding hydrogens is 494 g/mol. The third-order valence-electron chi connectivity index (χ3n) is 7.53. The summed E-state index contributed by atoms with van der Waals surface area (Å²) in [6.45, 7) is 0.541. The maximum Gasteiger partial charge on any atom is 0.267 e. The minimum atomic E-state index is -0.0832. The summed E-state index contributed by atoms with van der Waals surface area (Å²) in [5.74, 6) is 2.07. The van der Waals surface area contributed by atoms with E-state index in [4.69, 9.17) is 10.1 Å². The lowest BCUT2D eigenvalue weighted by atomic mass is 10.1. The molecule has 1 N–H and O–H groups in total. The van der Waals surface area contributed by atoms with Crippen molar-refractivity contribution in [1.82, 2.24) is 19.7 Å². The van der Waals surface area contributed by atoms with E-state index in [9.17, 15) is 4.79 Å². The molecule has 1 fully saturated rings. The van der Waals surface area contributed by atoms with Gasteiger partial charge in [0, 0.05) is 24.5 Å². The molecule has 1 aliphatic carbocycles. The van der Waals surface area contributed by atoms with Crippen molar-refractivity contribution >= 4 is 42.7 Å². The number of nitrogens with zero attached hydrogens (tertiary/aromatic N) is 6. The van der Waals surface area contributed by atoms with E-state index >= 15 is 0 Å². The number of guanidine groups is 1. The Morgan fingerprint density at radius 3 is 2.53 bits per heavy atom. The number of hydrogen-bond donors (Lipinski definition) is 1. The van der Waals surface area contributed by atoms with E-state index in [1.54, 1.807) is 11.1 Å². The van der Waals surface area contributed by atoms with Crippen molar-refractivity contribution in [2.24, 2.45) is 4.99 Å². The van der Waals surface area contributed by atoms with Crippen molar-refractivity contribution < 1.29 is 4.79 Å². The number of amides is 1. The zero-order valence-corrected chi connectivity index (χ0v) is 22.1. The molecule has 4 aromatic rings. The smallest absolute Gasteiger partial charge is 0.267 e. The zero-order chi connectivity index (χ0) is 24.9. The number of carbonyl (C=O) groups is 1. The second kappa shape index (κ2) is 9.64. The van der Waals surface area contributed by atoms with Crippen LogP contribution in [0.5, 0.6) is 0 Å². The molecule has 9 heteroatoms. The number of hydrogen-bond acceptors (Lipinski definition) is 6. The van der Waals surface area contributed by atoms with Gasteiger partial charge in [-0.15, -0.1) is 0 Å². The highest BCUT2D eigenvalue weighted by Gasteiger charge is 2.49. The van der Waals surface area contributed by atoms with Crippen LogP contribution in [0.2, 0.25) is 0 Å². The van der Waals surface area contributed by atoms with Crippen molar-refractivity contribution in [3.63, 3.8) is 0 Å². The predicted octanol–water partition coefficient (Wildman–Crippen LogP) is 5.03. The Hall–Kier alpha value is -4.11. The monoisotopic (exact) mass is 523 g/mol. The lowest BCUT2D eigenvalue weighted by Gasteiger charge is -2.35. The summed E-state index contributed by atoms with van der Waals surface area (Å²) in [6.07, 6.45) is 5.07. The Kier molecular flexibility index (Phi) is 6.15. The van der Waals surface area contributed by atoms with Gasteiger partial charge in [0.05, 0.1) is 24.3 Å². The topological polar surface area (TPSA) is 78.7 Å². The number of nitrogens with one attached hydrogen (secondary N) is 1. The van der Waals surface area contributed by atoms with Crippen LogP contribution in [0, 0.1) is 0 Å². The summed E-state index contributed by atoms with van der Waals surface area (Å²) in [5, 5.41) is 8.38. The van der Waals surface area contributed by atoms with Crippen molar-refractivity contribution in [3.05, 3.63) is 90.1 Å². The Balaban J connectivity index is 0.00000264. The molecule has 3 aliphatic rings. The number of carbonyl (C=O) groups excluding carboxylic acids is 1. The Bertz CT molecular complexity index is 1500. The number of aromatic nitrogens is 3. The quantitative estimate of drug-likeness (QED) is 0.397. The van der Waals surface area contributed by atoms with Crippen LogP contribution in [-0.2, 0) is 6.54 Å². The predicted molar refractivity (Wildman–Crippen MR) is 155 cm³/mol. The first-order valence-electron chi connectivity index (χ1n) is 12.8. The first-order chi connectivity index (χ1) is 18.2. The van der Waals surface area contributed by atoms with Crippen LogP contribution in [0.3, 0.4) is 0 Å². The van der Waals surface area contributed by atoms with Gasteiger partial charge >= 0.3 is 0 Å². The average Bonchev–Trinajstić information content (AvgIpc) is 3.63. The van der Waals surface area contributed by atoms with Crippen LogP contribution in [0.4, 0.5) is 17.3 Å². The van der Waals surface area contributed by atoms with Crippen molar-refractivity contribution in [3.8, 4) is 11.3 Å². The fourth-order valence-electron chi connectivity index (χ4n) is 5.73. The summed E-state index contributed by atoms with van der Waals surface area (Å²) in [7, 11) is 1.82. The van der Waals surface area contributed by atoms with Gasteiger partial charge in [0.1, 0.15) is 11.4 Å². The van der Waals surface area contributed by atoms with Crippen LogP contribution < -0.4 is 10.2 Å². The normalized spacial score (nSPS) is 19.4. The van der Waals surface area contributed by atoms with Crippen LogP contribution in [0.1, 0.15) is 35.2 Å². The van der Waals surface area contributed by atoms with Gasteiger partial charge in [-0.3, -0.25) is 19.6 Å². The highest BCUT2D eigenvalue weighted by molar-refractivity contribution is 7.59. The van der Waals surface area contributed by atoms with Crippen LogP contribution in [-0.4, -0.2) is 50.7 Å². The molecule has 2 aliphatic heterocycles. The fraction of sp³-hybridized carbons (Fsp3) is 0.241. The number of fused-ring (bicyclic) bond motifs is 5. The summed E-state index contributed by atoms with van der Waals surface area (Å²) < 4.78 is 1.97. The van der Waals surface area contributed by atoms with E-state index in [-0.39, 0.29) is 31.5 Å². The second-order valence-corrected chi connectivity index (χ2v) is 9.84. The minimum absolute atomic E-state index is 0. The molecule has 7 rings (SSSR count). The molecule has 0 radical (unpaired) electrons. The fourth-order valence-corrected chi connectivity index (χ4v) is 5.73. The lowest BCUT2D eigenvalue weighted by molar-refractivity contribution is 0.0865. The number of pyridine rings is 1. The third kappa shape index (κ3) is 3.94. The number of para-hydroxylation sites is 1. The maximum atomic E-state index is 13.7. The largest absolute Gasteiger partial charge is 0.338 e. The summed E-state index contributed by atoms with van der Waals surface area (Å²) >= 11 is 0. The van der Waals surface area contributed by atoms with Crippen molar-refractivity contribution in [2.45, 2.75) is 37.9 Å². The van der Waals surface area contributed by atoms with Crippen molar-refractivity contribution in [2.75, 3.05) is 17.3 Å². The molecule has 8 nitrogen and oxygen atoms in total. The van der Waals surface area contributed by atoms with E-state index in [0.29, 0.717) is 17.9 Å². The van der Waals surface area contributed by atoms with Crippen LogP contribution in [0.25, 0.3) is 11.3 Å². The molecular formula is C29H29N7OS. The summed E-state index contributed by atoms with van der Waals surface area (Å²) in [6, 6.07) is 24.7. The molecule has 0 bridgehead atoms. The van der Waals surface area contributed by atoms with E-state index < -0.39 is 0 Å². The molecule has 0 spiro atoms. The van der Waals surface area contributed by atoms with Gasteiger partial charge in [0.25, 0.3) is 5.91 Å². The summed E-state index contributed by atoms with van der Waals surface area (Å²) in [5.41, 5.74) is 4.60. The standard InChI is InChI=1S/C29H27N7O.H2S/c1-34-28(37)25-26(31-21-8-3-2-4-9-21)33-35(27(25)36-24-12-7-11-23(24)32-29(34)36)18-19-13-15-20(16-14-19)22-10-5-6-17-30-22;/h2-6,8-10,13-17,23-24H,7,11-12,18H2,1H3,(H,31,33);1H2/t23-,24+;/m1./s1. The van der Waals surface area contributed by atoms with Gasteiger partial charge in [-0.25, -0.2) is 9.67 Å². The van der Waals surface area contributed by atoms with Gasteiger partial charge in [0.15, 0.2) is 5.82 Å². The number of benzene rings is 2. The summed E-state index contributed by atoms with van der Waals surface area (Å²) in [4.78, 5) is 27.1. The van der Waals surface area contributed by atoms with Gasteiger partial charge in [-0.05, 0) is 49.1 Å². The number of aliphatic imine (C=N–C) groups is 1. The SMILES string of the molecule is CN1C(=O)c2c(Nc3ccccc3)nn(Cc3ccc(-c4ccccn4)cc3)c2N2C1=N[C@@H]1CCC[C@@H]12.S. The van der Waals surface area contributed by atoms with Gasteiger partial charge in [-0.1, -0.05) is 48.5 Å². The molecule has 0 unspecified atom stereocenters. The van der Waals surface area contributed by atoms with E-state index in [1.807, 2.05) is 60.3 Å². The molecule has 192 valence electrons. The van der Waals surface area contributed by atoms with E-state index in [1.165, 1.54) is 0 Å². The van der Waals surface area contributed by atoms with E-state index in [2.05, 4.69) is 39.5 Å². The second-order valence-electron chi connectivity index (χ2n) is 9.84. The number of anilines is 3. The van der Waals surface area contributed by atoms with Crippen LogP contribution in [0.15, 0.2) is 84.0 Å². The van der Waals surface area contributed by atoms with Gasteiger partial charge < -0.3 is 5.32 Å². The zero-order valence-electron chi connectivity index (χ0n) is 21.1. The van der Waals surface area contributed by atoms with Crippen molar-refractivity contribution in [1.29, 1.82) is 0 Å². The third-order valence-corrected chi connectivity index (χ3v) is 7.53. The molecule has 2 atom stereocenters. The van der Waals surface area contributed by atoms with Crippen LogP contribution >= 0.6 is 13.5 Å². The number of rotatable bonds is 5. The first kappa shape index (κ1) is 24.2. The molecule has 4 heterocycles. The molecule has 1 saturated carbocycles. The molecule has 0 saturated heterocycles. The molecule has 38 heavy (non-hydrogen) atoms. The molecule has 2 aromatic carbocycles. The first-order valence-corrected chi connectivity index (χ1v) is 12.8.